The molecule has 2 N–H and O–H groups in total. The van der Waals surface area contributed by atoms with Crippen molar-refractivity contribution in [2.24, 2.45) is 0 Å². The molecule has 2 rings (SSSR count). The third kappa shape index (κ3) is 1.99. The SMILES string of the molecule is Cc1ccc(-c2ccc(N)nc2)cc1C. The third-order valence-electron chi connectivity index (χ3n) is 2.63. The Labute approximate surface area is 89.8 Å². The van der Waals surface area contributed by atoms with Gasteiger partial charge in [-0.05, 0) is 42.7 Å². The molecule has 2 aromatic rings. The number of hydrogen-bond donors (Lipinski definition) is 1. The van der Waals surface area contributed by atoms with Gasteiger partial charge >= 0.3 is 0 Å². The van der Waals surface area contributed by atoms with Crippen molar-refractivity contribution in [3.63, 3.8) is 0 Å². The first-order valence-corrected chi connectivity index (χ1v) is 4.96. The van der Waals surface area contributed by atoms with Gasteiger partial charge < -0.3 is 5.73 Å². The molecule has 1 heterocycles. The van der Waals surface area contributed by atoms with Gasteiger partial charge in [0.15, 0.2) is 0 Å². The molecule has 76 valence electrons. The summed E-state index contributed by atoms with van der Waals surface area (Å²) in [6.45, 7) is 4.23. The van der Waals surface area contributed by atoms with Gasteiger partial charge in [0.1, 0.15) is 5.82 Å². The number of hydrogen-bond acceptors (Lipinski definition) is 2. The lowest BCUT2D eigenvalue weighted by Gasteiger charge is -2.05. The van der Waals surface area contributed by atoms with Gasteiger partial charge in [-0.15, -0.1) is 0 Å². The molecule has 0 amide bonds. The summed E-state index contributed by atoms with van der Waals surface area (Å²) in [4.78, 5) is 4.09. The largest absolute Gasteiger partial charge is 0.384 e. The van der Waals surface area contributed by atoms with E-state index in [-0.39, 0.29) is 0 Å². The van der Waals surface area contributed by atoms with Gasteiger partial charge in [-0.3, -0.25) is 0 Å². The van der Waals surface area contributed by atoms with E-state index < -0.39 is 0 Å². The van der Waals surface area contributed by atoms with E-state index in [1.807, 2.05) is 12.1 Å². The minimum Gasteiger partial charge on any atom is -0.384 e. The Morgan fingerprint density at radius 3 is 2.27 bits per heavy atom. The normalized spacial score (nSPS) is 10.3. The van der Waals surface area contributed by atoms with Crippen molar-refractivity contribution in [1.82, 2.24) is 4.98 Å². The Kier molecular flexibility index (Phi) is 2.42. The molecule has 1 aromatic heterocycles. The van der Waals surface area contributed by atoms with Crippen LogP contribution in [-0.4, -0.2) is 4.98 Å². The summed E-state index contributed by atoms with van der Waals surface area (Å²) < 4.78 is 0. The first kappa shape index (κ1) is 9.71. The molecule has 1 aromatic carbocycles. The van der Waals surface area contributed by atoms with Crippen molar-refractivity contribution in [3.05, 3.63) is 47.7 Å². The summed E-state index contributed by atoms with van der Waals surface area (Å²) in [6, 6.07) is 10.2. The fourth-order valence-corrected chi connectivity index (χ4v) is 1.50. The van der Waals surface area contributed by atoms with Gasteiger partial charge in [-0.2, -0.15) is 0 Å². The maximum atomic E-state index is 5.55. The van der Waals surface area contributed by atoms with Crippen LogP contribution in [-0.2, 0) is 0 Å². The zero-order valence-electron chi connectivity index (χ0n) is 8.99. The number of aryl methyl sites for hydroxylation is 2. The molecule has 0 fully saturated rings. The fourth-order valence-electron chi connectivity index (χ4n) is 1.50. The van der Waals surface area contributed by atoms with E-state index in [1.54, 1.807) is 6.20 Å². The zero-order chi connectivity index (χ0) is 10.8. The summed E-state index contributed by atoms with van der Waals surface area (Å²) in [5, 5.41) is 0. The molecule has 2 nitrogen and oxygen atoms in total. The predicted molar refractivity (Wildman–Crippen MR) is 63.6 cm³/mol. The van der Waals surface area contributed by atoms with Crippen molar-refractivity contribution >= 4 is 5.82 Å². The Morgan fingerprint density at radius 1 is 0.933 bits per heavy atom. The van der Waals surface area contributed by atoms with Crippen molar-refractivity contribution in [2.45, 2.75) is 13.8 Å². The van der Waals surface area contributed by atoms with E-state index in [0.29, 0.717) is 5.82 Å². The van der Waals surface area contributed by atoms with Crippen LogP contribution < -0.4 is 5.73 Å². The van der Waals surface area contributed by atoms with Crippen molar-refractivity contribution in [3.8, 4) is 11.1 Å². The molecule has 0 aliphatic heterocycles. The van der Waals surface area contributed by atoms with Crippen molar-refractivity contribution < 1.29 is 0 Å². The van der Waals surface area contributed by atoms with E-state index in [0.717, 1.165) is 5.56 Å². The summed E-state index contributed by atoms with van der Waals surface area (Å²) in [5.41, 5.74) is 10.4. The highest BCUT2D eigenvalue weighted by atomic mass is 14.8. The van der Waals surface area contributed by atoms with Crippen LogP contribution in [0.4, 0.5) is 5.82 Å². The monoisotopic (exact) mass is 198 g/mol. The molecule has 0 bridgehead atoms. The molecule has 0 radical (unpaired) electrons. The third-order valence-corrected chi connectivity index (χ3v) is 2.63. The molecule has 0 unspecified atom stereocenters. The Morgan fingerprint density at radius 2 is 1.67 bits per heavy atom. The summed E-state index contributed by atoms with van der Waals surface area (Å²) in [6.07, 6.45) is 1.80. The van der Waals surface area contributed by atoms with Crippen molar-refractivity contribution in [2.75, 3.05) is 5.73 Å². The lowest BCUT2D eigenvalue weighted by molar-refractivity contribution is 1.31. The van der Waals surface area contributed by atoms with E-state index in [1.165, 1.54) is 16.7 Å². The molecule has 15 heavy (non-hydrogen) atoms. The quantitative estimate of drug-likeness (QED) is 0.765. The Hall–Kier alpha value is -1.83. The van der Waals surface area contributed by atoms with Gasteiger partial charge in [-0.25, -0.2) is 4.98 Å². The van der Waals surface area contributed by atoms with Crippen molar-refractivity contribution in [1.29, 1.82) is 0 Å². The Bertz CT molecular complexity index is 472. The molecule has 2 heteroatoms. The minimum atomic E-state index is 0.558. The first-order chi connectivity index (χ1) is 7.16. The van der Waals surface area contributed by atoms with E-state index >= 15 is 0 Å². The second kappa shape index (κ2) is 3.73. The van der Waals surface area contributed by atoms with Crippen LogP contribution in [0.5, 0.6) is 0 Å². The van der Waals surface area contributed by atoms with Gasteiger partial charge in [0, 0.05) is 11.8 Å². The average Bonchev–Trinajstić information content (AvgIpc) is 2.23. The van der Waals surface area contributed by atoms with Gasteiger partial charge in [0.25, 0.3) is 0 Å². The molecular weight excluding hydrogens is 184 g/mol. The summed E-state index contributed by atoms with van der Waals surface area (Å²) in [7, 11) is 0. The second-order valence-corrected chi connectivity index (χ2v) is 3.77. The summed E-state index contributed by atoms with van der Waals surface area (Å²) >= 11 is 0. The molecule has 0 aliphatic rings. The van der Waals surface area contributed by atoms with Crippen LogP contribution in [0, 0.1) is 13.8 Å². The van der Waals surface area contributed by atoms with Gasteiger partial charge in [0.05, 0.1) is 0 Å². The number of anilines is 1. The van der Waals surface area contributed by atoms with Gasteiger partial charge in [-0.1, -0.05) is 18.2 Å². The van der Waals surface area contributed by atoms with E-state index in [4.69, 9.17) is 5.73 Å². The Balaban J connectivity index is 2.45. The first-order valence-electron chi connectivity index (χ1n) is 4.96. The fraction of sp³-hybridized carbons (Fsp3) is 0.154. The number of nitrogens with zero attached hydrogens (tertiary/aromatic N) is 1. The zero-order valence-corrected chi connectivity index (χ0v) is 8.99. The lowest BCUT2D eigenvalue weighted by Crippen LogP contribution is -1.89. The molecule has 0 saturated carbocycles. The van der Waals surface area contributed by atoms with Crippen LogP contribution in [0.3, 0.4) is 0 Å². The topological polar surface area (TPSA) is 38.9 Å². The molecule has 0 saturated heterocycles. The second-order valence-electron chi connectivity index (χ2n) is 3.77. The van der Waals surface area contributed by atoms with Crippen LogP contribution in [0.25, 0.3) is 11.1 Å². The van der Waals surface area contributed by atoms with Crippen LogP contribution >= 0.6 is 0 Å². The smallest absolute Gasteiger partial charge is 0.123 e. The minimum absolute atomic E-state index is 0.558. The molecular formula is C13H14N2. The van der Waals surface area contributed by atoms with E-state index in [2.05, 4.69) is 37.0 Å². The number of aromatic nitrogens is 1. The number of pyridine rings is 1. The number of nitrogens with two attached hydrogens (primary N) is 1. The highest BCUT2D eigenvalue weighted by molar-refractivity contribution is 5.64. The predicted octanol–water partition coefficient (Wildman–Crippen LogP) is 2.95. The highest BCUT2D eigenvalue weighted by Crippen LogP contribution is 2.21. The molecule has 0 spiro atoms. The number of nitrogen functional groups attached to an aromatic ring is 1. The number of benzene rings is 1. The van der Waals surface area contributed by atoms with Crippen LogP contribution in [0.2, 0.25) is 0 Å². The average molecular weight is 198 g/mol. The van der Waals surface area contributed by atoms with Crippen LogP contribution in [0.15, 0.2) is 36.5 Å². The standard InChI is InChI=1S/C13H14N2/c1-9-3-4-11(7-10(9)2)12-5-6-13(14)15-8-12/h3-8H,1-2H3,(H2,14,15). The van der Waals surface area contributed by atoms with E-state index in [9.17, 15) is 0 Å². The summed E-state index contributed by atoms with van der Waals surface area (Å²) in [5.74, 6) is 0.558. The lowest BCUT2D eigenvalue weighted by atomic mass is 10.0. The number of rotatable bonds is 1. The van der Waals surface area contributed by atoms with Gasteiger partial charge in [0.2, 0.25) is 0 Å². The maximum absolute atomic E-state index is 5.55. The highest BCUT2D eigenvalue weighted by Gasteiger charge is 1.99. The molecule has 0 atom stereocenters. The van der Waals surface area contributed by atoms with Crippen LogP contribution in [0.1, 0.15) is 11.1 Å². The maximum Gasteiger partial charge on any atom is 0.123 e. The molecule has 0 aliphatic carbocycles.